The Kier molecular flexibility index (Phi) is 2.99. The van der Waals surface area contributed by atoms with Crippen LogP contribution in [-0.4, -0.2) is 40.6 Å². The molecule has 82 valence electrons. The van der Waals surface area contributed by atoms with Gasteiger partial charge in [-0.2, -0.15) is 0 Å². The van der Waals surface area contributed by atoms with Crippen molar-refractivity contribution in [2.45, 2.75) is 6.54 Å². The normalized spacial score (nSPS) is 16.5. The van der Waals surface area contributed by atoms with Crippen molar-refractivity contribution in [1.29, 1.82) is 0 Å². The van der Waals surface area contributed by atoms with Crippen molar-refractivity contribution in [2.24, 2.45) is 11.7 Å². The minimum absolute atomic E-state index is 0.0596. The molecule has 15 heavy (non-hydrogen) atoms. The van der Waals surface area contributed by atoms with Crippen LogP contribution in [0.1, 0.15) is 15.5 Å². The quantitative estimate of drug-likeness (QED) is 0.741. The number of carbonyl (C=O) groups is 1. The molecule has 1 fully saturated rings. The van der Waals surface area contributed by atoms with Crippen LogP contribution in [0.5, 0.6) is 0 Å². The lowest BCUT2D eigenvalue weighted by Gasteiger charge is -2.37. The Labute approximate surface area is 91.5 Å². The molecule has 0 atom stereocenters. The molecule has 1 aromatic heterocycles. The first-order chi connectivity index (χ1) is 7.24. The number of nitrogens with two attached hydrogens (primary N) is 1. The van der Waals surface area contributed by atoms with Gasteiger partial charge in [-0.05, 0) is 0 Å². The van der Waals surface area contributed by atoms with Gasteiger partial charge in [0.25, 0.3) is 5.91 Å². The van der Waals surface area contributed by atoms with Crippen molar-refractivity contribution in [3.05, 3.63) is 16.1 Å². The van der Waals surface area contributed by atoms with Gasteiger partial charge in [-0.15, -0.1) is 11.3 Å². The van der Waals surface area contributed by atoms with E-state index in [1.54, 1.807) is 10.3 Å². The molecule has 3 N–H and O–H groups in total. The summed E-state index contributed by atoms with van der Waals surface area (Å²) in [5, 5.41) is 11.3. The largest absolute Gasteiger partial charge is 0.396 e. The number of carbonyl (C=O) groups excluding carboxylic acids is 1. The number of aromatic nitrogens is 1. The number of amides is 1. The van der Waals surface area contributed by atoms with Crippen LogP contribution in [0.15, 0.2) is 5.38 Å². The van der Waals surface area contributed by atoms with Gasteiger partial charge in [0, 0.05) is 37.5 Å². The molecule has 0 radical (unpaired) electrons. The number of thiazole rings is 1. The highest BCUT2D eigenvalue weighted by atomic mass is 32.1. The Bertz CT molecular complexity index is 360. The Morgan fingerprint density at radius 2 is 2.47 bits per heavy atom. The Morgan fingerprint density at radius 1 is 1.73 bits per heavy atom. The zero-order chi connectivity index (χ0) is 10.8. The molecule has 0 bridgehead atoms. The fraction of sp³-hybridized carbons (Fsp3) is 0.556. The molecule has 6 heteroatoms. The van der Waals surface area contributed by atoms with Crippen molar-refractivity contribution in [3.63, 3.8) is 0 Å². The van der Waals surface area contributed by atoms with Gasteiger partial charge in [0.1, 0.15) is 10.7 Å². The SMILES string of the molecule is NCc1nc(C(=O)N2CC(CO)C2)cs1. The molecule has 1 amide bonds. The van der Waals surface area contributed by atoms with Crippen LogP contribution in [0.2, 0.25) is 0 Å². The fourth-order valence-electron chi connectivity index (χ4n) is 1.52. The predicted octanol–water partition coefficient (Wildman–Crippen LogP) is -0.334. The van der Waals surface area contributed by atoms with Crippen molar-refractivity contribution in [3.8, 4) is 0 Å². The summed E-state index contributed by atoms with van der Waals surface area (Å²) in [5.41, 5.74) is 5.89. The number of rotatable bonds is 3. The molecule has 0 aliphatic carbocycles. The third-order valence-electron chi connectivity index (χ3n) is 2.45. The number of hydrogen-bond acceptors (Lipinski definition) is 5. The molecule has 2 rings (SSSR count). The molecule has 0 spiro atoms. The van der Waals surface area contributed by atoms with Crippen LogP contribution < -0.4 is 5.73 Å². The van der Waals surface area contributed by atoms with E-state index >= 15 is 0 Å². The first-order valence-electron chi connectivity index (χ1n) is 4.79. The van der Waals surface area contributed by atoms with Crippen molar-refractivity contribution >= 4 is 17.2 Å². The van der Waals surface area contributed by atoms with E-state index in [1.165, 1.54) is 11.3 Å². The number of aliphatic hydroxyl groups is 1. The smallest absolute Gasteiger partial charge is 0.273 e. The topological polar surface area (TPSA) is 79.5 Å². The second-order valence-corrected chi connectivity index (χ2v) is 4.53. The van der Waals surface area contributed by atoms with E-state index in [0.29, 0.717) is 25.3 Å². The number of likely N-dealkylation sites (tertiary alicyclic amines) is 1. The van der Waals surface area contributed by atoms with Crippen LogP contribution >= 0.6 is 11.3 Å². The molecule has 0 unspecified atom stereocenters. The van der Waals surface area contributed by atoms with Gasteiger partial charge >= 0.3 is 0 Å². The first-order valence-corrected chi connectivity index (χ1v) is 5.67. The van der Waals surface area contributed by atoms with E-state index < -0.39 is 0 Å². The van der Waals surface area contributed by atoms with E-state index in [4.69, 9.17) is 10.8 Å². The van der Waals surface area contributed by atoms with Gasteiger partial charge in [-0.25, -0.2) is 4.98 Å². The second-order valence-electron chi connectivity index (χ2n) is 3.59. The standard InChI is InChI=1S/C9H13N3O2S/c10-1-8-11-7(5-15-8)9(14)12-2-6(3-12)4-13/h5-6,13H,1-4,10H2. The second kappa shape index (κ2) is 4.26. The van der Waals surface area contributed by atoms with E-state index in [0.717, 1.165) is 5.01 Å². The molecule has 1 aliphatic rings. The van der Waals surface area contributed by atoms with Crippen LogP contribution in [0.25, 0.3) is 0 Å². The fourth-order valence-corrected chi connectivity index (χ4v) is 2.16. The highest BCUT2D eigenvalue weighted by Crippen LogP contribution is 2.19. The predicted molar refractivity (Wildman–Crippen MR) is 56.5 cm³/mol. The minimum Gasteiger partial charge on any atom is -0.396 e. The molecule has 0 saturated carbocycles. The summed E-state index contributed by atoms with van der Waals surface area (Å²) in [6, 6.07) is 0. The van der Waals surface area contributed by atoms with E-state index in [9.17, 15) is 4.79 Å². The molecular formula is C9H13N3O2S. The number of nitrogens with zero attached hydrogens (tertiary/aromatic N) is 2. The first kappa shape index (κ1) is 10.5. The van der Waals surface area contributed by atoms with Gasteiger partial charge in [0.15, 0.2) is 0 Å². The summed E-state index contributed by atoms with van der Waals surface area (Å²) in [4.78, 5) is 17.6. The molecular weight excluding hydrogens is 214 g/mol. The highest BCUT2D eigenvalue weighted by molar-refractivity contribution is 7.09. The summed E-state index contributed by atoms with van der Waals surface area (Å²) >= 11 is 1.40. The van der Waals surface area contributed by atoms with E-state index in [1.807, 2.05) is 0 Å². The number of aliphatic hydroxyl groups excluding tert-OH is 1. The highest BCUT2D eigenvalue weighted by Gasteiger charge is 2.31. The maximum absolute atomic E-state index is 11.8. The number of hydrogen-bond donors (Lipinski definition) is 2. The maximum atomic E-state index is 11.8. The lowest BCUT2D eigenvalue weighted by Crippen LogP contribution is -2.51. The van der Waals surface area contributed by atoms with Crippen LogP contribution in [-0.2, 0) is 6.54 Å². The zero-order valence-electron chi connectivity index (χ0n) is 8.22. The summed E-state index contributed by atoms with van der Waals surface area (Å²) in [5.74, 6) is 0.178. The minimum atomic E-state index is -0.0596. The zero-order valence-corrected chi connectivity index (χ0v) is 9.04. The maximum Gasteiger partial charge on any atom is 0.273 e. The van der Waals surface area contributed by atoms with Gasteiger partial charge in [-0.1, -0.05) is 0 Å². The van der Waals surface area contributed by atoms with Crippen molar-refractivity contribution in [2.75, 3.05) is 19.7 Å². The van der Waals surface area contributed by atoms with Crippen molar-refractivity contribution < 1.29 is 9.90 Å². The lowest BCUT2D eigenvalue weighted by atomic mass is 10.0. The van der Waals surface area contributed by atoms with Gasteiger partial charge in [0.2, 0.25) is 0 Å². The van der Waals surface area contributed by atoms with Gasteiger partial charge in [-0.3, -0.25) is 4.79 Å². The third kappa shape index (κ3) is 2.01. The average Bonchev–Trinajstić information content (AvgIpc) is 2.64. The monoisotopic (exact) mass is 227 g/mol. The Hall–Kier alpha value is -0.980. The molecule has 1 saturated heterocycles. The lowest BCUT2D eigenvalue weighted by molar-refractivity contribution is 0.0357. The van der Waals surface area contributed by atoms with E-state index in [-0.39, 0.29) is 18.4 Å². The summed E-state index contributed by atoms with van der Waals surface area (Å²) in [6.07, 6.45) is 0. The molecule has 2 heterocycles. The van der Waals surface area contributed by atoms with Crippen LogP contribution in [0.4, 0.5) is 0 Å². The summed E-state index contributed by atoms with van der Waals surface area (Å²) in [6.45, 7) is 1.78. The Morgan fingerprint density at radius 3 is 3.00 bits per heavy atom. The summed E-state index contributed by atoms with van der Waals surface area (Å²) < 4.78 is 0. The molecule has 5 nitrogen and oxygen atoms in total. The van der Waals surface area contributed by atoms with Gasteiger partial charge < -0.3 is 15.7 Å². The Balaban J connectivity index is 1.97. The average molecular weight is 227 g/mol. The third-order valence-corrected chi connectivity index (χ3v) is 3.32. The van der Waals surface area contributed by atoms with Crippen molar-refractivity contribution in [1.82, 2.24) is 9.88 Å². The summed E-state index contributed by atoms with van der Waals surface area (Å²) in [7, 11) is 0. The van der Waals surface area contributed by atoms with Crippen LogP contribution in [0, 0.1) is 5.92 Å². The molecule has 0 aromatic carbocycles. The van der Waals surface area contributed by atoms with Gasteiger partial charge in [0.05, 0.1) is 0 Å². The van der Waals surface area contributed by atoms with Crippen LogP contribution in [0.3, 0.4) is 0 Å². The molecule has 1 aliphatic heterocycles. The van der Waals surface area contributed by atoms with E-state index in [2.05, 4.69) is 4.98 Å². The molecule has 1 aromatic rings.